The number of carbonyl (C=O) groups excluding carboxylic acids is 2. The average molecular weight is 722 g/mol. The lowest BCUT2D eigenvalue weighted by molar-refractivity contribution is -0.140. The molecule has 0 fully saturated rings. The van der Waals surface area contributed by atoms with E-state index in [-0.39, 0.29) is 45.5 Å². The number of hydrogen-bond donors (Lipinski definition) is 1. The Labute approximate surface area is 290 Å². The molecule has 1 N–H and O–H groups in total. The maximum Gasteiger partial charge on any atom is 0.264 e. The minimum atomic E-state index is -4.30. The van der Waals surface area contributed by atoms with Gasteiger partial charge in [0.25, 0.3) is 10.0 Å². The van der Waals surface area contributed by atoms with Crippen LogP contribution in [0.3, 0.4) is 0 Å². The lowest BCUT2D eigenvalue weighted by Gasteiger charge is -2.34. The van der Waals surface area contributed by atoms with Gasteiger partial charge in [0.1, 0.15) is 12.6 Å². The Morgan fingerprint density at radius 1 is 0.783 bits per heavy atom. The third-order valence-corrected chi connectivity index (χ3v) is 10.4. The molecule has 0 aliphatic heterocycles. The summed E-state index contributed by atoms with van der Waals surface area (Å²) in [5, 5.41) is 4.25. The summed E-state index contributed by atoms with van der Waals surface area (Å²) in [4.78, 5) is 29.7. The van der Waals surface area contributed by atoms with Crippen LogP contribution >= 0.6 is 46.4 Å². The van der Waals surface area contributed by atoms with Gasteiger partial charge in [-0.25, -0.2) is 8.42 Å². The molecule has 46 heavy (non-hydrogen) atoms. The first-order valence-corrected chi connectivity index (χ1v) is 17.5. The Kier molecular flexibility index (Phi) is 12.4. The van der Waals surface area contributed by atoms with Gasteiger partial charge in [-0.05, 0) is 79.1 Å². The third kappa shape index (κ3) is 9.17. The number of carbonyl (C=O) groups is 2. The number of amides is 2. The Hall–Kier alpha value is -3.27. The molecule has 4 aromatic rings. The number of sulfonamides is 1. The Morgan fingerprint density at radius 2 is 1.48 bits per heavy atom. The monoisotopic (exact) mass is 719 g/mol. The van der Waals surface area contributed by atoms with Gasteiger partial charge >= 0.3 is 0 Å². The predicted molar refractivity (Wildman–Crippen MR) is 186 cm³/mol. The molecule has 0 bridgehead atoms. The molecular formula is C34H33Cl4N3O4S. The van der Waals surface area contributed by atoms with Crippen molar-refractivity contribution in [3.63, 3.8) is 0 Å². The fourth-order valence-electron chi connectivity index (χ4n) is 4.72. The first-order valence-electron chi connectivity index (χ1n) is 14.5. The fourth-order valence-corrected chi connectivity index (χ4v) is 6.76. The summed E-state index contributed by atoms with van der Waals surface area (Å²) < 4.78 is 29.2. The third-order valence-electron chi connectivity index (χ3n) is 7.39. The molecule has 0 aromatic heterocycles. The second kappa shape index (κ2) is 16.0. The van der Waals surface area contributed by atoms with Gasteiger partial charge in [0.15, 0.2) is 0 Å². The molecule has 0 heterocycles. The number of benzene rings is 4. The van der Waals surface area contributed by atoms with Gasteiger partial charge in [-0.15, -0.1) is 0 Å². The van der Waals surface area contributed by atoms with Gasteiger partial charge in [-0.1, -0.05) is 95.8 Å². The van der Waals surface area contributed by atoms with Crippen LogP contribution in [0.25, 0.3) is 0 Å². The van der Waals surface area contributed by atoms with Crippen LogP contribution in [-0.4, -0.2) is 43.8 Å². The zero-order valence-electron chi connectivity index (χ0n) is 25.2. The van der Waals surface area contributed by atoms with Crippen molar-refractivity contribution in [1.82, 2.24) is 10.2 Å². The zero-order valence-corrected chi connectivity index (χ0v) is 29.0. The van der Waals surface area contributed by atoms with Crippen molar-refractivity contribution >= 4 is 73.9 Å². The number of nitrogens with zero attached hydrogens (tertiary/aromatic N) is 2. The minimum Gasteiger partial charge on any atom is -0.352 e. The number of nitrogens with one attached hydrogen (secondary N) is 1. The largest absolute Gasteiger partial charge is 0.352 e. The predicted octanol–water partition coefficient (Wildman–Crippen LogP) is 8.05. The number of halogens is 4. The lowest BCUT2D eigenvalue weighted by Crippen LogP contribution is -2.54. The van der Waals surface area contributed by atoms with Crippen LogP contribution in [0, 0.1) is 0 Å². The maximum atomic E-state index is 14.5. The van der Waals surface area contributed by atoms with E-state index >= 15 is 0 Å². The molecule has 0 aliphatic rings. The molecule has 0 saturated heterocycles. The van der Waals surface area contributed by atoms with Gasteiger partial charge < -0.3 is 10.2 Å². The van der Waals surface area contributed by atoms with Crippen molar-refractivity contribution in [2.45, 2.75) is 50.2 Å². The molecule has 0 aliphatic carbocycles. The van der Waals surface area contributed by atoms with Gasteiger partial charge in [0.2, 0.25) is 11.8 Å². The van der Waals surface area contributed by atoms with E-state index in [1.807, 2.05) is 44.2 Å². The number of anilines is 1. The van der Waals surface area contributed by atoms with Crippen LogP contribution < -0.4 is 9.62 Å². The minimum absolute atomic E-state index is 0.0501. The highest BCUT2D eigenvalue weighted by Crippen LogP contribution is 2.29. The van der Waals surface area contributed by atoms with Crippen molar-refractivity contribution in [2.24, 2.45) is 0 Å². The van der Waals surface area contributed by atoms with E-state index < -0.39 is 28.5 Å². The molecule has 0 radical (unpaired) electrons. The number of hydrogen-bond acceptors (Lipinski definition) is 4. The smallest absolute Gasteiger partial charge is 0.264 e. The maximum absolute atomic E-state index is 14.5. The average Bonchev–Trinajstić information content (AvgIpc) is 3.03. The SMILES string of the molecule is CC[C@H](C)NC(=O)[C@H](Cc1ccccc1)N(Cc1ccc(Cl)c(Cl)c1)C(=O)CN(c1cccc(Cl)c1)S(=O)(=O)c1ccc(Cl)cc1. The molecule has 0 saturated carbocycles. The topological polar surface area (TPSA) is 86.8 Å². The van der Waals surface area contributed by atoms with Crippen LogP contribution in [0.2, 0.25) is 20.1 Å². The summed E-state index contributed by atoms with van der Waals surface area (Å²) in [6.07, 6.45) is 0.851. The molecule has 2 atom stereocenters. The quantitative estimate of drug-likeness (QED) is 0.152. The van der Waals surface area contributed by atoms with Crippen molar-refractivity contribution in [2.75, 3.05) is 10.8 Å². The molecule has 0 spiro atoms. The highest BCUT2D eigenvalue weighted by molar-refractivity contribution is 7.92. The van der Waals surface area contributed by atoms with Crippen molar-refractivity contribution < 1.29 is 18.0 Å². The molecule has 4 rings (SSSR count). The van der Waals surface area contributed by atoms with E-state index in [2.05, 4.69) is 5.32 Å². The molecule has 2 amide bonds. The van der Waals surface area contributed by atoms with Crippen LogP contribution in [-0.2, 0) is 32.6 Å². The molecule has 4 aromatic carbocycles. The first-order chi connectivity index (χ1) is 21.9. The van der Waals surface area contributed by atoms with Crippen LogP contribution in [0.1, 0.15) is 31.4 Å². The van der Waals surface area contributed by atoms with E-state index in [9.17, 15) is 18.0 Å². The van der Waals surface area contributed by atoms with E-state index in [1.54, 1.807) is 36.4 Å². The van der Waals surface area contributed by atoms with E-state index in [0.717, 1.165) is 9.87 Å². The highest BCUT2D eigenvalue weighted by Gasteiger charge is 2.35. The van der Waals surface area contributed by atoms with Crippen molar-refractivity contribution in [3.8, 4) is 0 Å². The van der Waals surface area contributed by atoms with Gasteiger partial charge in [0.05, 0.1) is 20.6 Å². The Bertz CT molecular complexity index is 1770. The van der Waals surface area contributed by atoms with E-state index in [0.29, 0.717) is 22.0 Å². The normalized spacial score (nSPS) is 12.7. The van der Waals surface area contributed by atoms with E-state index in [1.165, 1.54) is 35.2 Å². The first kappa shape index (κ1) is 35.6. The summed E-state index contributed by atoms with van der Waals surface area (Å²) in [6.45, 7) is 3.14. The molecule has 12 heteroatoms. The Morgan fingerprint density at radius 3 is 2.11 bits per heavy atom. The second-order valence-electron chi connectivity index (χ2n) is 10.7. The summed E-state index contributed by atoms with van der Waals surface area (Å²) in [5.41, 5.74) is 1.60. The highest BCUT2D eigenvalue weighted by atomic mass is 35.5. The summed E-state index contributed by atoms with van der Waals surface area (Å²) in [5.74, 6) is -0.995. The van der Waals surface area contributed by atoms with Crippen molar-refractivity contribution in [1.29, 1.82) is 0 Å². The summed E-state index contributed by atoms with van der Waals surface area (Å²) >= 11 is 24.8. The zero-order chi connectivity index (χ0) is 33.4. The van der Waals surface area contributed by atoms with E-state index in [4.69, 9.17) is 46.4 Å². The van der Waals surface area contributed by atoms with Crippen LogP contribution in [0.4, 0.5) is 5.69 Å². The lowest BCUT2D eigenvalue weighted by atomic mass is 10.0. The molecule has 0 unspecified atom stereocenters. The molecule has 242 valence electrons. The van der Waals surface area contributed by atoms with Crippen LogP contribution in [0.15, 0.2) is 102 Å². The molecular weight excluding hydrogens is 688 g/mol. The van der Waals surface area contributed by atoms with Crippen molar-refractivity contribution in [3.05, 3.63) is 128 Å². The standard InChI is InChI=1S/C34H33Cl4N3O4S/c1-3-23(2)39-34(43)32(19-24-8-5-4-6-9-24)40(21-25-12-17-30(37)31(38)18-25)33(42)22-41(28-11-7-10-27(36)20-28)46(44,45)29-15-13-26(35)14-16-29/h4-18,20,23,32H,3,19,21-22H2,1-2H3,(H,39,43)/t23-,32-/m0/s1. The second-order valence-corrected chi connectivity index (χ2v) is 14.3. The number of rotatable bonds is 13. The van der Waals surface area contributed by atoms with Gasteiger partial charge in [0, 0.05) is 29.1 Å². The van der Waals surface area contributed by atoms with Gasteiger partial charge in [-0.3, -0.25) is 13.9 Å². The van der Waals surface area contributed by atoms with Gasteiger partial charge in [-0.2, -0.15) is 0 Å². The van der Waals surface area contributed by atoms with Crippen LogP contribution in [0.5, 0.6) is 0 Å². The molecule has 7 nitrogen and oxygen atoms in total. The fraction of sp³-hybridized carbons (Fsp3) is 0.235. The summed E-state index contributed by atoms with van der Waals surface area (Å²) in [6, 6.07) is 24.9. The summed E-state index contributed by atoms with van der Waals surface area (Å²) in [7, 11) is -4.30. The Balaban J connectivity index is 1.82.